The van der Waals surface area contributed by atoms with Gasteiger partial charge in [0.2, 0.25) is 0 Å². The smallest absolute Gasteiger partial charge is 0.281 e. The lowest BCUT2D eigenvalue weighted by Crippen LogP contribution is -2.27. The highest BCUT2D eigenvalue weighted by atomic mass is 16.1. The Morgan fingerprint density at radius 1 is 1.04 bits per heavy atom. The molecule has 0 bridgehead atoms. The number of imidazole rings is 2. The van der Waals surface area contributed by atoms with Crippen LogP contribution in [0.1, 0.15) is 0 Å². The molecule has 5 aromatic rings. The number of para-hydroxylation sites is 1. The molecule has 0 amide bonds. The van der Waals surface area contributed by atoms with Crippen molar-refractivity contribution in [3.8, 4) is 11.4 Å². The molecule has 0 fully saturated rings. The number of hydrogen-bond acceptors (Lipinski definition) is 4. The van der Waals surface area contributed by atoms with E-state index in [2.05, 4.69) is 19.9 Å². The summed E-state index contributed by atoms with van der Waals surface area (Å²) in [5, 5.41) is 0.930. The Hall–Kier alpha value is -3.74. The number of aromatic nitrogens is 6. The zero-order chi connectivity index (χ0) is 16.8. The van der Waals surface area contributed by atoms with Gasteiger partial charge in [-0.25, -0.2) is 24.3 Å². The van der Waals surface area contributed by atoms with Crippen LogP contribution in [0.25, 0.3) is 33.5 Å². The van der Waals surface area contributed by atoms with Gasteiger partial charge in [-0.05, 0) is 24.3 Å². The molecule has 4 heterocycles. The first-order valence-electron chi connectivity index (χ1n) is 7.76. The largest absolute Gasteiger partial charge is 0.322 e. The lowest BCUT2D eigenvalue weighted by atomic mass is 10.1. The Morgan fingerprint density at radius 2 is 1.96 bits per heavy atom. The highest BCUT2D eigenvalue weighted by molar-refractivity contribution is 5.84. The quantitative estimate of drug-likeness (QED) is 0.540. The van der Waals surface area contributed by atoms with Crippen molar-refractivity contribution in [1.29, 1.82) is 0 Å². The number of rotatable bonds is 2. The molecule has 1 aromatic carbocycles. The van der Waals surface area contributed by atoms with Crippen molar-refractivity contribution in [3.05, 3.63) is 77.7 Å². The van der Waals surface area contributed by atoms with E-state index in [0.717, 1.165) is 16.4 Å². The van der Waals surface area contributed by atoms with Gasteiger partial charge in [0, 0.05) is 24.0 Å². The van der Waals surface area contributed by atoms with Gasteiger partial charge in [0.25, 0.3) is 5.56 Å². The number of hydrogen-bond donors (Lipinski definition) is 1. The molecule has 0 radical (unpaired) electrons. The predicted molar refractivity (Wildman–Crippen MR) is 94.1 cm³/mol. The van der Waals surface area contributed by atoms with E-state index in [1.807, 2.05) is 42.5 Å². The van der Waals surface area contributed by atoms with Gasteiger partial charge in [-0.15, -0.1) is 0 Å². The summed E-state index contributed by atoms with van der Waals surface area (Å²) in [6, 6.07) is 13.2. The molecule has 1 N–H and O–H groups in total. The van der Waals surface area contributed by atoms with E-state index >= 15 is 0 Å². The maximum absolute atomic E-state index is 13.2. The zero-order valence-corrected chi connectivity index (χ0v) is 13.0. The molecule has 7 heteroatoms. The fourth-order valence-corrected chi connectivity index (χ4v) is 2.98. The van der Waals surface area contributed by atoms with E-state index in [-0.39, 0.29) is 5.56 Å². The summed E-state index contributed by atoms with van der Waals surface area (Å²) in [4.78, 5) is 29.1. The number of nitrogens with one attached hydrogen (secondary N) is 1. The summed E-state index contributed by atoms with van der Waals surface area (Å²) >= 11 is 0. The van der Waals surface area contributed by atoms with Crippen molar-refractivity contribution in [2.75, 3.05) is 0 Å². The molecule has 120 valence electrons. The fraction of sp³-hybridized carbons (Fsp3) is 0. The molecule has 0 aliphatic rings. The number of H-pyrrole nitrogens is 1. The molecule has 25 heavy (non-hydrogen) atoms. The van der Waals surface area contributed by atoms with Crippen LogP contribution in [-0.4, -0.2) is 29.3 Å². The van der Waals surface area contributed by atoms with Gasteiger partial charge in [0.15, 0.2) is 5.65 Å². The topological polar surface area (TPSA) is 81.4 Å². The molecule has 0 aliphatic heterocycles. The average molecular weight is 328 g/mol. The summed E-state index contributed by atoms with van der Waals surface area (Å²) in [7, 11) is 0. The summed E-state index contributed by atoms with van der Waals surface area (Å²) in [5.41, 5.74) is 2.46. The normalized spacial score (nSPS) is 11.4. The third-order valence-corrected chi connectivity index (χ3v) is 4.12. The van der Waals surface area contributed by atoms with Crippen LogP contribution in [-0.2, 0) is 0 Å². The highest BCUT2D eigenvalue weighted by Crippen LogP contribution is 2.21. The van der Waals surface area contributed by atoms with Crippen molar-refractivity contribution in [2.45, 2.75) is 0 Å². The van der Waals surface area contributed by atoms with Gasteiger partial charge in [-0.3, -0.25) is 4.79 Å². The first kappa shape index (κ1) is 13.7. The minimum atomic E-state index is -0.184. The number of nitrogens with zero attached hydrogens (tertiary/aromatic N) is 5. The van der Waals surface area contributed by atoms with Crippen LogP contribution in [0.2, 0.25) is 0 Å². The Kier molecular flexibility index (Phi) is 2.81. The second-order valence-electron chi connectivity index (χ2n) is 5.63. The Morgan fingerprint density at radius 3 is 2.80 bits per heavy atom. The predicted octanol–water partition coefficient (Wildman–Crippen LogP) is 2.45. The molecule has 0 saturated carbocycles. The number of fused-ring (bicyclic) bond motifs is 2. The van der Waals surface area contributed by atoms with Crippen molar-refractivity contribution in [1.82, 2.24) is 29.3 Å². The van der Waals surface area contributed by atoms with Crippen LogP contribution in [0.3, 0.4) is 0 Å². The van der Waals surface area contributed by atoms with Gasteiger partial charge < -0.3 is 4.98 Å². The SMILES string of the molecule is O=c1c(-c2nc3cccnc3[nH]2)cc2ccccc2n1-n1ccnc1. The lowest BCUT2D eigenvalue weighted by molar-refractivity contribution is 0.658. The van der Waals surface area contributed by atoms with E-state index in [9.17, 15) is 4.79 Å². The number of benzene rings is 1. The molecule has 7 nitrogen and oxygen atoms in total. The minimum Gasteiger partial charge on any atom is -0.322 e. The highest BCUT2D eigenvalue weighted by Gasteiger charge is 2.15. The third-order valence-electron chi connectivity index (χ3n) is 4.12. The summed E-state index contributed by atoms with van der Waals surface area (Å²) in [6.07, 6.45) is 6.66. The first-order chi connectivity index (χ1) is 12.3. The molecule has 0 atom stereocenters. The van der Waals surface area contributed by atoms with E-state index in [1.165, 1.54) is 0 Å². The first-order valence-corrected chi connectivity index (χ1v) is 7.76. The monoisotopic (exact) mass is 328 g/mol. The average Bonchev–Trinajstić information content (AvgIpc) is 3.30. The van der Waals surface area contributed by atoms with Crippen LogP contribution in [0.4, 0.5) is 0 Å². The van der Waals surface area contributed by atoms with Crippen LogP contribution >= 0.6 is 0 Å². The standard InChI is InChI=1S/C18H12N6O/c25-18-13(16-21-14-5-3-7-20-17(14)22-16)10-12-4-1-2-6-15(12)24(18)23-9-8-19-11-23/h1-11H,(H,20,21,22). The minimum absolute atomic E-state index is 0.184. The Labute approximate surface area is 141 Å². The van der Waals surface area contributed by atoms with Crippen molar-refractivity contribution in [3.63, 3.8) is 0 Å². The van der Waals surface area contributed by atoms with E-state index in [0.29, 0.717) is 17.0 Å². The Bertz CT molecular complexity index is 1230. The molecular weight excluding hydrogens is 316 g/mol. The van der Waals surface area contributed by atoms with Crippen molar-refractivity contribution < 1.29 is 0 Å². The van der Waals surface area contributed by atoms with Gasteiger partial charge in [-0.1, -0.05) is 18.2 Å². The third kappa shape index (κ3) is 2.06. The van der Waals surface area contributed by atoms with Gasteiger partial charge in [-0.2, -0.15) is 0 Å². The zero-order valence-electron chi connectivity index (χ0n) is 13.0. The number of pyridine rings is 2. The molecular formula is C18H12N6O. The van der Waals surface area contributed by atoms with Crippen LogP contribution < -0.4 is 5.56 Å². The summed E-state index contributed by atoms with van der Waals surface area (Å²) < 4.78 is 3.24. The fourth-order valence-electron chi connectivity index (χ4n) is 2.98. The van der Waals surface area contributed by atoms with Crippen molar-refractivity contribution >= 4 is 22.1 Å². The molecule has 0 saturated heterocycles. The van der Waals surface area contributed by atoms with Crippen LogP contribution in [0, 0.1) is 0 Å². The molecule has 0 spiro atoms. The van der Waals surface area contributed by atoms with E-state index < -0.39 is 0 Å². The van der Waals surface area contributed by atoms with Crippen LogP contribution in [0.15, 0.2) is 72.2 Å². The Balaban J connectivity index is 1.87. The molecule has 0 unspecified atom stereocenters. The summed E-state index contributed by atoms with van der Waals surface area (Å²) in [6.45, 7) is 0. The second-order valence-corrected chi connectivity index (χ2v) is 5.63. The van der Waals surface area contributed by atoms with Crippen molar-refractivity contribution in [2.24, 2.45) is 0 Å². The maximum atomic E-state index is 13.2. The van der Waals surface area contributed by atoms with Gasteiger partial charge >= 0.3 is 0 Å². The molecule has 5 rings (SSSR count). The second kappa shape index (κ2) is 5.13. The van der Waals surface area contributed by atoms with Gasteiger partial charge in [0.1, 0.15) is 17.7 Å². The van der Waals surface area contributed by atoms with Gasteiger partial charge in [0.05, 0.1) is 11.1 Å². The molecule has 0 aliphatic carbocycles. The number of aromatic amines is 1. The lowest BCUT2D eigenvalue weighted by Gasteiger charge is -2.12. The van der Waals surface area contributed by atoms with Crippen LogP contribution in [0.5, 0.6) is 0 Å². The maximum Gasteiger partial charge on any atom is 0.281 e. The van der Waals surface area contributed by atoms with E-state index in [1.54, 1.807) is 34.3 Å². The van der Waals surface area contributed by atoms with E-state index in [4.69, 9.17) is 0 Å². The molecule has 4 aromatic heterocycles. The summed E-state index contributed by atoms with van der Waals surface area (Å²) in [5.74, 6) is 0.498.